The molecule has 1 fully saturated rings. The first-order valence-corrected chi connectivity index (χ1v) is 7.09. The van der Waals surface area contributed by atoms with Gasteiger partial charge in [0.2, 0.25) is 0 Å². The maximum Gasteiger partial charge on any atom is 0.200 e. The molecule has 8 nitrogen and oxygen atoms in total. The van der Waals surface area contributed by atoms with Gasteiger partial charge in [-0.1, -0.05) is 0 Å². The second kappa shape index (κ2) is 6.10. The van der Waals surface area contributed by atoms with E-state index in [9.17, 15) is 0 Å². The molecule has 1 aliphatic heterocycles. The normalized spacial score (nSPS) is 17.6. The number of rotatable bonds is 4. The largest absolute Gasteiger partial charge is 0.354 e. The molecular weight excluding hydrogens is 256 g/mol. The van der Waals surface area contributed by atoms with E-state index in [4.69, 9.17) is 5.73 Å². The third kappa shape index (κ3) is 2.86. The van der Waals surface area contributed by atoms with Gasteiger partial charge in [0, 0.05) is 19.6 Å². The molecule has 3 rings (SSSR count). The average molecular weight is 276 g/mol. The Kier molecular flexibility index (Phi) is 4.03. The van der Waals surface area contributed by atoms with Crippen molar-refractivity contribution in [2.24, 2.45) is 5.73 Å². The summed E-state index contributed by atoms with van der Waals surface area (Å²) in [6.45, 7) is 6.02. The van der Waals surface area contributed by atoms with Crippen molar-refractivity contribution < 1.29 is 0 Å². The molecule has 108 valence electrons. The summed E-state index contributed by atoms with van der Waals surface area (Å²) in [5, 5.41) is 15.8. The van der Waals surface area contributed by atoms with Gasteiger partial charge in [-0.05, 0) is 55.0 Å². The summed E-state index contributed by atoms with van der Waals surface area (Å²) in [7, 11) is 0. The van der Waals surface area contributed by atoms with Crippen LogP contribution in [0.1, 0.15) is 12.8 Å². The molecule has 0 atom stereocenters. The van der Waals surface area contributed by atoms with Gasteiger partial charge in [0.25, 0.3) is 0 Å². The van der Waals surface area contributed by atoms with E-state index in [0.29, 0.717) is 5.65 Å². The van der Waals surface area contributed by atoms with Crippen LogP contribution in [-0.2, 0) is 0 Å². The van der Waals surface area contributed by atoms with Crippen LogP contribution in [0.4, 0.5) is 5.82 Å². The van der Waals surface area contributed by atoms with Gasteiger partial charge in [0.1, 0.15) is 0 Å². The lowest BCUT2D eigenvalue weighted by atomic mass is 10.3. The number of fused-ring (bicyclic) bond motifs is 1. The second-order valence-electron chi connectivity index (χ2n) is 5.04. The van der Waals surface area contributed by atoms with Crippen molar-refractivity contribution in [2.45, 2.75) is 12.8 Å². The molecule has 1 aliphatic rings. The predicted molar refractivity (Wildman–Crippen MR) is 75.5 cm³/mol. The highest BCUT2D eigenvalue weighted by Gasteiger charge is 2.16. The minimum atomic E-state index is 0.674. The van der Waals surface area contributed by atoms with Crippen molar-refractivity contribution in [3.8, 4) is 0 Å². The fourth-order valence-corrected chi connectivity index (χ4v) is 2.55. The van der Waals surface area contributed by atoms with Gasteiger partial charge >= 0.3 is 0 Å². The molecule has 20 heavy (non-hydrogen) atoms. The molecule has 0 saturated carbocycles. The molecule has 0 radical (unpaired) electrons. The monoisotopic (exact) mass is 276 g/mol. The van der Waals surface area contributed by atoms with E-state index >= 15 is 0 Å². The highest BCUT2D eigenvalue weighted by Crippen LogP contribution is 2.13. The van der Waals surface area contributed by atoms with Gasteiger partial charge in [0.05, 0.1) is 0 Å². The molecule has 0 amide bonds. The first-order chi connectivity index (χ1) is 9.86. The lowest BCUT2D eigenvalue weighted by molar-refractivity contribution is 0.291. The molecule has 2 N–H and O–H groups in total. The molecule has 2 aromatic rings. The van der Waals surface area contributed by atoms with Crippen LogP contribution in [0.15, 0.2) is 12.1 Å². The fraction of sp³-hybridized carbons (Fsp3) is 0.667. The van der Waals surface area contributed by atoms with E-state index in [-0.39, 0.29) is 0 Å². The zero-order chi connectivity index (χ0) is 13.8. The third-order valence-electron chi connectivity index (χ3n) is 3.65. The van der Waals surface area contributed by atoms with Crippen molar-refractivity contribution in [3.63, 3.8) is 0 Å². The molecule has 0 unspecified atom stereocenters. The Bertz CT molecular complexity index is 553. The summed E-state index contributed by atoms with van der Waals surface area (Å²) in [5.41, 5.74) is 6.25. The van der Waals surface area contributed by atoms with Gasteiger partial charge in [-0.25, -0.2) is 0 Å². The van der Waals surface area contributed by atoms with E-state index in [1.165, 1.54) is 4.63 Å². The molecular formula is C12H20N8. The van der Waals surface area contributed by atoms with Crippen LogP contribution in [0.2, 0.25) is 0 Å². The number of hydrogen-bond donors (Lipinski definition) is 1. The van der Waals surface area contributed by atoms with Crippen molar-refractivity contribution in [3.05, 3.63) is 12.1 Å². The summed E-state index contributed by atoms with van der Waals surface area (Å²) < 4.78 is 1.48. The summed E-state index contributed by atoms with van der Waals surface area (Å²) >= 11 is 0. The van der Waals surface area contributed by atoms with E-state index in [1.807, 2.05) is 12.1 Å². The first-order valence-electron chi connectivity index (χ1n) is 7.09. The van der Waals surface area contributed by atoms with E-state index < -0.39 is 0 Å². The molecule has 0 bridgehead atoms. The first kappa shape index (κ1) is 13.2. The van der Waals surface area contributed by atoms with E-state index in [1.54, 1.807) is 0 Å². The minimum Gasteiger partial charge on any atom is -0.354 e. The summed E-state index contributed by atoms with van der Waals surface area (Å²) in [6, 6.07) is 3.89. The van der Waals surface area contributed by atoms with Crippen LogP contribution in [0.5, 0.6) is 0 Å². The molecule has 1 saturated heterocycles. The number of tetrazole rings is 1. The average Bonchev–Trinajstić information content (AvgIpc) is 2.82. The highest BCUT2D eigenvalue weighted by atomic mass is 15.6. The van der Waals surface area contributed by atoms with E-state index in [0.717, 1.165) is 57.9 Å². The van der Waals surface area contributed by atoms with Gasteiger partial charge in [-0.2, -0.15) is 0 Å². The Morgan fingerprint density at radius 1 is 1.15 bits per heavy atom. The minimum absolute atomic E-state index is 0.674. The van der Waals surface area contributed by atoms with E-state index in [2.05, 4.69) is 30.4 Å². The predicted octanol–water partition coefficient (Wildman–Crippen LogP) is -0.620. The Labute approximate surface area is 117 Å². The van der Waals surface area contributed by atoms with Crippen LogP contribution in [0.3, 0.4) is 0 Å². The highest BCUT2D eigenvalue weighted by molar-refractivity contribution is 5.44. The quantitative estimate of drug-likeness (QED) is 0.796. The Morgan fingerprint density at radius 3 is 3.00 bits per heavy atom. The van der Waals surface area contributed by atoms with Crippen LogP contribution < -0.4 is 10.6 Å². The molecule has 3 heterocycles. The Hall–Kier alpha value is -1.80. The number of nitrogens with two attached hydrogens (primary N) is 1. The van der Waals surface area contributed by atoms with Crippen molar-refractivity contribution in [1.29, 1.82) is 0 Å². The topological polar surface area (TPSA) is 88.5 Å². The van der Waals surface area contributed by atoms with Gasteiger partial charge in [-0.15, -0.1) is 14.8 Å². The standard InChI is InChI=1S/C12H20N8/c13-5-1-6-18-7-2-8-19(10-9-18)12-4-3-11-14-16-17-20(11)15-12/h3-4H,1-2,5-10,13H2. The zero-order valence-corrected chi connectivity index (χ0v) is 11.5. The van der Waals surface area contributed by atoms with Crippen LogP contribution in [0, 0.1) is 0 Å². The molecule has 8 heteroatoms. The Morgan fingerprint density at radius 2 is 2.10 bits per heavy atom. The number of anilines is 1. The molecule has 0 aliphatic carbocycles. The summed E-state index contributed by atoms with van der Waals surface area (Å²) in [4.78, 5) is 4.77. The van der Waals surface area contributed by atoms with Gasteiger partial charge in [0.15, 0.2) is 11.5 Å². The van der Waals surface area contributed by atoms with Crippen LogP contribution in [0.25, 0.3) is 5.65 Å². The van der Waals surface area contributed by atoms with Gasteiger partial charge < -0.3 is 15.5 Å². The summed E-state index contributed by atoms with van der Waals surface area (Å²) in [6.07, 6.45) is 2.20. The van der Waals surface area contributed by atoms with Crippen molar-refractivity contribution in [1.82, 2.24) is 30.2 Å². The zero-order valence-electron chi connectivity index (χ0n) is 11.5. The van der Waals surface area contributed by atoms with Crippen LogP contribution in [-0.4, -0.2) is 69.4 Å². The molecule has 0 aromatic carbocycles. The second-order valence-corrected chi connectivity index (χ2v) is 5.04. The molecule has 2 aromatic heterocycles. The van der Waals surface area contributed by atoms with Crippen molar-refractivity contribution >= 4 is 11.5 Å². The maximum absolute atomic E-state index is 5.58. The lowest BCUT2D eigenvalue weighted by Gasteiger charge is -2.22. The van der Waals surface area contributed by atoms with Crippen LogP contribution >= 0.6 is 0 Å². The Balaban J connectivity index is 1.67. The number of hydrogen-bond acceptors (Lipinski definition) is 7. The number of nitrogens with zero attached hydrogens (tertiary/aromatic N) is 7. The fourth-order valence-electron chi connectivity index (χ4n) is 2.55. The van der Waals surface area contributed by atoms with Crippen molar-refractivity contribution in [2.75, 3.05) is 44.2 Å². The maximum atomic E-state index is 5.58. The molecule has 0 spiro atoms. The third-order valence-corrected chi connectivity index (χ3v) is 3.65. The summed E-state index contributed by atoms with van der Waals surface area (Å²) in [5.74, 6) is 0.936. The van der Waals surface area contributed by atoms with Gasteiger partial charge in [-0.3, -0.25) is 0 Å². The lowest BCUT2D eigenvalue weighted by Crippen LogP contribution is -2.32. The SMILES string of the molecule is NCCCN1CCCN(c2ccc3nnnn3n2)CC1. The number of aromatic nitrogens is 5. The smallest absolute Gasteiger partial charge is 0.200 e.